The van der Waals surface area contributed by atoms with Gasteiger partial charge in [-0.1, -0.05) is 66.2 Å². The summed E-state index contributed by atoms with van der Waals surface area (Å²) in [6, 6.07) is 21.3. The second-order valence-corrected chi connectivity index (χ2v) is 5.21. The predicted octanol–water partition coefficient (Wildman–Crippen LogP) is 4.42. The third kappa shape index (κ3) is 2.91. The van der Waals surface area contributed by atoms with E-state index in [1.54, 1.807) is 18.2 Å². The van der Waals surface area contributed by atoms with Crippen molar-refractivity contribution in [2.45, 2.75) is 6.54 Å². The third-order valence-electron chi connectivity index (χ3n) is 3.44. The number of rotatable bonds is 3. The van der Waals surface area contributed by atoms with E-state index in [4.69, 9.17) is 11.6 Å². The van der Waals surface area contributed by atoms with Crippen molar-refractivity contribution < 1.29 is 4.79 Å². The average Bonchev–Trinajstić information content (AvgIpc) is 2.53. The molecule has 0 aliphatic heterocycles. The average molecular weight is 296 g/mol. The number of nitrogens with one attached hydrogen (secondary N) is 1. The summed E-state index contributed by atoms with van der Waals surface area (Å²) in [4.78, 5) is 12.2. The van der Waals surface area contributed by atoms with Crippen molar-refractivity contribution in [1.82, 2.24) is 5.32 Å². The zero-order valence-corrected chi connectivity index (χ0v) is 12.1. The maximum absolute atomic E-state index is 12.2. The smallest absolute Gasteiger partial charge is 0.253 e. The van der Waals surface area contributed by atoms with Crippen LogP contribution in [0.15, 0.2) is 66.7 Å². The van der Waals surface area contributed by atoms with Crippen molar-refractivity contribution in [2.24, 2.45) is 0 Å². The van der Waals surface area contributed by atoms with Crippen LogP contribution in [0.25, 0.3) is 10.8 Å². The van der Waals surface area contributed by atoms with Gasteiger partial charge in [-0.25, -0.2) is 0 Å². The number of carbonyl (C=O) groups excluding carboxylic acids is 1. The molecule has 0 atom stereocenters. The molecule has 0 bridgehead atoms. The van der Waals surface area contributed by atoms with Gasteiger partial charge in [-0.3, -0.25) is 4.79 Å². The van der Waals surface area contributed by atoms with Crippen molar-refractivity contribution >= 4 is 28.3 Å². The third-order valence-corrected chi connectivity index (χ3v) is 3.77. The highest BCUT2D eigenvalue weighted by Crippen LogP contribution is 2.19. The zero-order valence-electron chi connectivity index (χ0n) is 11.3. The van der Waals surface area contributed by atoms with Crippen LogP contribution in [0.1, 0.15) is 15.9 Å². The van der Waals surface area contributed by atoms with Crippen LogP contribution in [0.4, 0.5) is 0 Å². The summed E-state index contributed by atoms with van der Waals surface area (Å²) in [6.07, 6.45) is 0. The van der Waals surface area contributed by atoms with E-state index >= 15 is 0 Å². The van der Waals surface area contributed by atoms with Crippen LogP contribution >= 0.6 is 11.6 Å². The number of fused-ring (bicyclic) bond motifs is 1. The molecule has 0 spiro atoms. The Hall–Kier alpha value is -2.32. The number of halogens is 1. The van der Waals surface area contributed by atoms with Gasteiger partial charge in [-0.2, -0.15) is 0 Å². The van der Waals surface area contributed by atoms with Crippen molar-refractivity contribution in [3.8, 4) is 0 Å². The first-order valence-corrected chi connectivity index (χ1v) is 7.13. The Kier molecular flexibility index (Phi) is 3.89. The van der Waals surface area contributed by atoms with Crippen LogP contribution in [0.5, 0.6) is 0 Å². The molecule has 0 heterocycles. The molecular weight excluding hydrogens is 282 g/mol. The van der Waals surface area contributed by atoms with Crippen LogP contribution in [-0.4, -0.2) is 5.91 Å². The van der Waals surface area contributed by atoms with Gasteiger partial charge in [0.1, 0.15) is 0 Å². The Bertz CT molecular complexity index is 793. The van der Waals surface area contributed by atoms with Gasteiger partial charge in [0, 0.05) is 6.54 Å². The minimum atomic E-state index is -0.159. The van der Waals surface area contributed by atoms with Crippen molar-refractivity contribution in [3.63, 3.8) is 0 Å². The van der Waals surface area contributed by atoms with E-state index in [2.05, 4.69) is 23.5 Å². The number of benzene rings is 3. The Morgan fingerprint density at radius 2 is 1.62 bits per heavy atom. The van der Waals surface area contributed by atoms with Gasteiger partial charge in [0.15, 0.2) is 0 Å². The first-order chi connectivity index (χ1) is 10.3. The van der Waals surface area contributed by atoms with E-state index in [-0.39, 0.29) is 5.91 Å². The molecular formula is C18H14ClNO. The molecule has 3 rings (SSSR count). The summed E-state index contributed by atoms with van der Waals surface area (Å²) in [5.41, 5.74) is 1.59. The molecule has 0 saturated carbocycles. The molecule has 0 fully saturated rings. The van der Waals surface area contributed by atoms with Crippen molar-refractivity contribution in [3.05, 3.63) is 82.9 Å². The lowest BCUT2D eigenvalue weighted by atomic mass is 10.0. The van der Waals surface area contributed by atoms with Gasteiger partial charge in [-0.15, -0.1) is 0 Å². The summed E-state index contributed by atoms with van der Waals surface area (Å²) < 4.78 is 0. The van der Waals surface area contributed by atoms with Crippen LogP contribution in [-0.2, 0) is 6.54 Å². The highest BCUT2D eigenvalue weighted by Gasteiger charge is 2.09. The lowest BCUT2D eigenvalue weighted by molar-refractivity contribution is 0.0951. The summed E-state index contributed by atoms with van der Waals surface area (Å²) >= 11 is 6.04. The van der Waals surface area contributed by atoms with E-state index in [1.807, 2.05) is 30.3 Å². The number of hydrogen-bond donors (Lipinski definition) is 1. The van der Waals surface area contributed by atoms with E-state index in [1.165, 1.54) is 5.39 Å². The predicted molar refractivity (Wildman–Crippen MR) is 86.6 cm³/mol. The Morgan fingerprint density at radius 3 is 2.48 bits per heavy atom. The number of carbonyl (C=O) groups is 1. The fourth-order valence-corrected chi connectivity index (χ4v) is 2.58. The molecule has 2 nitrogen and oxygen atoms in total. The van der Waals surface area contributed by atoms with Crippen molar-refractivity contribution in [2.75, 3.05) is 0 Å². The topological polar surface area (TPSA) is 29.1 Å². The standard InChI is InChI=1S/C18H14ClNO/c19-17-11-4-3-10-16(17)18(21)20-12-14-8-5-7-13-6-1-2-9-15(13)14/h1-11H,12H2,(H,20,21). The molecule has 104 valence electrons. The molecule has 3 aromatic carbocycles. The normalized spacial score (nSPS) is 10.5. The molecule has 21 heavy (non-hydrogen) atoms. The lowest BCUT2D eigenvalue weighted by Crippen LogP contribution is -2.23. The largest absolute Gasteiger partial charge is 0.348 e. The van der Waals surface area contributed by atoms with Crippen LogP contribution in [0, 0.1) is 0 Å². The van der Waals surface area contributed by atoms with Crippen LogP contribution < -0.4 is 5.32 Å². The summed E-state index contributed by atoms with van der Waals surface area (Å²) in [5, 5.41) is 5.71. The molecule has 0 aromatic heterocycles. The van der Waals surface area contributed by atoms with Gasteiger partial charge < -0.3 is 5.32 Å². The van der Waals surface area contributed by atoms with Gasteiger partial charge in [-0.05, 0) is 28.5 Å². The first kappa shape index (κ1) is 13.7. The Labute approximate surface area is 128 Å². The highest BCUT2D eigenvalue weighted by atomic mass is 35.5. The molecule has 3 heteroatoms. The van der Waals surface area contributed by atoms with Gasteiger partial charge in [0.2, 0.25) is 0 Å². The van der Waals surface area contributed by atoms with Gasteiger partial charge in [0.25, 0.3) is 5.91 Å². The van der Waals surface area contributed by atoms with Gasteiger partial charge in [0.05, 0.1) is 10.6 Å². The van der Waals surface area contributed by atoms with E-state index in [0.717, 1.165) is 10.9 Å². The molecule has 1 amide bonds. The van der Waals surface area contributed by atoms with E-state index in [0.29, 0.717) is 17.1 Å². The lowest BCUT2D eigenvalue weighted by Gasteiger charge is -2.09. The van der Waals surface area contributed by atoms with Gasteiger partial charge >= 0.3 is 0 Å². The second kappa shape index (κ2) is 5.98. The highest BCUT2D eigenvalue weighted by molar-refractivity contribution is 6.33. The molecule has 0 aliphatic rings. The molecule has 0 unspecified atom stereocenters. The molecule has 3 aromatic rings. The first-order valence-electron chi connectivity index (χ1n) is 6.75. The fourth-order valence-electron chi connectivity index (χ4n) is 2.36. The SMILES string of the molecule is O=C(NCc1cccc2ccccc12)c1ccccc1Cl. The summed E-state index contributed by atoms with van der Waals surface area (Å²) in [5.74, 6) is -0.159. The summed E-state index contributed by atoms with van der Waals surface area (Å²) in [6.45, 7) is 0.478. The van der Waals surface area contributed by atoms with E-state index in [9.17, 15) is 4.79 Å². The van der Waals surface area contributed by atoms with Crippen LogP contribution in [0.3, 0.4) is 0 Å². The van der Waals surface area contributed by atoms with E-state index < -0.39 is 0 Å². The van der Waals surface area contributed by atoms with Crippen LogP contribution in [0.2, 0.25) is 5.02 Å². The maximum atomic E-state index is 12.2. The minimum Gasteiger partial charge on any atom is -0.348 e. The second-order valence-electron chi connectivity index (χ2n) is 4.80. The monoisotopic (exact) mass is 295 g/mol. The van der Waals surface area contributed by atoms with Crippen molar-refractivity contribution in [1.29, 1.82) is 0 Å². The number of amides is 1. The molecule has 0 saturated heterocycles. The zero-order chi connectivity index (χ0) is 14.7. The Morgan fingerprint density at radius 1 is 0.905 bits per heavy atom. The molecule has 0 radical (unpaired) electrons. The molecule has 0 aliphatic carbocycles. The molecule has 1 N–H and O–H groups in total. The number of hydrogen-bond acceptors (Lipinski definition) is 1. The Balaban J connectivity index is 1.81. The minimum absolute atomic E-state index is 0.159. The quantitative estimate of drug-likeness (QED) is 0.761. The maximum Gasteiger partial charge on any atom is 0.253 e. The fraction of sp³-hybridized carbons (Fsp3) is 0.0556. The summed E-state index contributed by atoms with van der Waals surface area (Å²) in [7, 11) is 0.